The summed E-state index contributed by atoms with van der Waals surface area (Å²) in [5, 5.41) is 13.3. The topological polar surface area (TPSA) is 143 Å². The molecular weight excluding hydrogens is 382 g/mol. The lowest BCUT2D eigenvalue weighted by Gasteiger charge is -2.13. The quantitative estimate of drug-likeness (QED) is 0.281. The van der Waals surface area contributed by atoms with Crippen LogP contribution in [0.2, 0.25) is 0 Å². The molecule has 0 bridgehead atoms. The number of carbonyl (C=O) groups excluding carboxylic acids is 2. The van der Waals surface area contributed by atoms with Crippen LogP contribution in [0.1, 0.15) is 24.2 Å². The molecule has 3 N–H and O–H groups in total. The van der Waals surface area contributed by atoms with Crippen LogP contribution >= 0.6 is 0 Å². The van der Waals surface area contributed by atoms with Crippen molar-refractivity contribution in [3.05, 3.63) is 52.1 Å². The number of carbonyl (C=O) groups is 2. The van der Waals surface area contributed by atoms with Gasteiger partial charge in [-0.25, -0.2) is 4.79 Å². The average Bonchev–Trinajstić information content (AvgIpc) is 2.68. The number of nitrogens with zero attached hydrogens (tertiary/aromatic N) is 1. The third-order valence-corrected chi connectivity index (χ3v) is 3.63. The first kappa shape index (κ1) is 21.5. The number of esters is 1. The van der Waals surface area contributed by atoms with E-state index in [1.165, 1.54) is 6.07 Å². The van der Waals surface area contributed by atoms with Gasteiger partial charge in [0.1, 0.15) is 0 Å². The Morgan fingerprint density at radius 1 is 1.07 bits per heavy atom. The Labute approximate surface area is 166 Å². The Hall–Kier alpha value is -3.82. The molecule has 10 heteroatoms. The zero-order chi connectivity index (χ0) is 21.4. The number of nitrogens with one attached hydrogen (secondary N) is 1. The second-order valence-corrected chi connectivity index (χ2v) is 5.68. The summed E-state index contributed by atoms with van der Waals surface area (Å²) in [6.07, 6.45) is 0. The van der Waals surface area contributed by atoms with Gasteiger partial charge in [0.25, 0.3) is 11.6 Å². The zero-order valence-corrected chi connectivity index (χ0v) is 16.0. The third-order valence-electron chi connectivity index (χ3n) is 3.63. The zero-order valence-electron chi connectivity index (χ0n) is 16.0. The molecule has 29 heavy (non-hydrogen) atoms. The van der Waals surface area contributed by atoms with Gasteiger partial charge in [-0.3, -0.25) is 14.9 Å². The van der Waals surface area contributed by atoms with E-state index in [9.17, 15) is 19.7 Å². The summed E-state index contributed by atoms with van der Waals surface area (Å²) in [6, 6.07) is 8.24. The largest absolute Gasteiger partial charge is 0.490 e. The van der Waals surface area contributed by atoms with Gasteiger partial charge in [0.2, 0.25) is 0 Å². The van der Waals surface area contributed by atoms with Gasteiger partial charge in [0.15, 0.2) is 18.1 Å². The van der Waals surface area contributed by atoms with Crippen molar-refractivity contribution < 1.29 is 28.7 Å². The minimum Gasteiger partial charge on any atom is -0.490 e. The van der Waals surface area contributed by atoms with E-state index in [4.69, 9.17) is 19.9 Å². The molecule has 2 rings (SSSR count). The van der Waals surface area contributed by atoms with Crippen LogP contribution in [0.5, 0.6) is 11.5 Å². The number of amides is 1. The molecule has 0 aliphatic carbocycles. The monoisotopic (exact) mass is 403 g/mol. The number of rotatable bonds is 9. The molecule has 0 atom stereocenters. The summed E-state index contributed by atoms with van der Waals surface area (Å²) >= 11 is 0. The Bertz CT molecular complexity index is 915. The molecular formula is C19H21N3O7. The van der Waals surface area contributed by atoms with E-state index in [0.29, 0.717) is 30.4 Å². The van der Waals surface area contributed by atoms with Crippen molar-refractivity contribution in [1.82, 2.24) is 0 Å². The molecule has 10 nitrogen and oxygen atoms in total. The molecule has 0 unspecified atom stereocenters. The van der Waals surface area contributed by atoms with E-state index in [-0.39, 0.29) is 16.9 Å². The summed E-state index contributed by atoms with van der Waals surface area (Å²) in [4.78, 5) is 34.2. The lowest BCUT2D eigenvalue weighted by molar-refractivity contribution is -0.384. The minimum atomic E-state index is -0.866. The predicted molar refractivity (Wildman–Crippen MR) is 105 cm³/mol. The number of hydrogen-bond donors (Lipinski definition) is 2. The molecule has 0 aliphatic rings. The number of nitro benzene ring substituents is 1. The highest BCUT2D eigenvalue weighted by Crippen LogP contribution is 2.30. The number of nitro groups is 1. The molecule has 0 heterocycles. The molecule has 2 aromatic rings. The standard InChI is InChI=1S/C19H21N3O7/c1-3-27-16-8-5-12(9-17(16)28-4-2)21-18(23)11-29-19(24)14-7-6-13(22(25)26)10-15(14)20/h5-10H,3-4,11,20H2,1-2H3,(H,21,23). The van der Waals surface area contributed by atoms with Crippen LogP contribution < -0.4 is 20.5 Å². The number of hydrogen-bond acceptors (Lipinski definition) is 8. The maximum Gasteiger partial charge on any atom is 0.340 e. The Morgan fingerprint density at radius 2 is 1.76 bits per heavy atom. The third kappa shape index (κ3) is 5.83. The van der Waals surface area contributed by atoms with Crippen molar-refractivity contribution in [2.45, 2.75) is 13.8 Å². The maximum absolute atomic E-state index is 12.1. The van der Waals surface area contributed by atoms with Crippen LogP contribution in [0.25, 0.3) is 0 Å². The number of non-ortho nitro benzene ring substituents is 1. The predicted octanol–water partition coefficient (Wildman–Crippen LogP) is 2.77. The second kappa shape index (κ2) is 9.93. The van der Waals surface area contributed by atoms with E-state index in [1.807, 2.05) is 13.8 Å². The fourth-order valence-electron chi connectivity index (χ4n) is 2.38. The van der Waals surface area contributed by atoms with Gasteiger partial charge in [-0.05, 0) is 32.0 Å². The van der Waals surface area contributed by atoms with Crippen molar-refractivity contribution in [3.8, 4) is 11.5 Å². The molecule has 0 aliphatic heterocycles. The van der Waals surface area contributed by atoms with E-state index in [2.05, 4.69) is 5.32 Å². The van der Waals surface area contributed by atoms with E-state index in [1.54, 1.807) is 18.2 Å². The Morgan fingerprint density at radius 3 is 2.38 bits per heavy atom. The fraction of sp³-hybridized carbons (Fsp3) is 0.263. The summed E-state index contributed by atoms with van der Waals surface area (Å²) < 4.78 is 15.9. The Balaban J connectivity index is 1.98. The number of benzene rings is 2. The summed E-state index contributed by atoms with van der Waals surface area (Å²) in [5.74, 6) is -0.421. The van der Waals surface area contributed by atoms with Gasteiger partial charge in [-0.2, -0.15) is 0 Å². The van der Waals surface area contributed by atoms with Crippen molar-refractivity contribution >= 4 is 28.9 Å². The molecule has 154 valence electrons. The van der Waals surface area contributed by atoms with Crippen LogP contribution in [0, 0.1) is 10.1 Å². The smallest absolute Gasteiger partial charge is 0.340 e. The van der Waals surface area contributed by atoms with Gasteiger partial charge in [0.05, 0.1) is 29.4 Å². The highest BCUT2D eigenvalue weighted by molar-refractivity contribution is 5.98. The molecule has 0 fully saturated rings. The number of nitrogens with two attached hydrogens (primary N) is 1. The van der Waals surface area contributed by atoms with Gasteiger partial charge >= 0.3 is 5.97 Å². The highest BCUT2D eigenvalue weighted by Gasteiger charge is 2.17. The van der Waals surface area contributed by atoms with Crippen molar-refractivity contribution in [2.24, 2.45) is 0 Å². The first-order valence-electron chi connectivity index (χ1n) is 8.76. The van der Waals surface area contributed by atoms with Crippen LogP contribution in [0.3, 0.4) is 0 Å². The van der Waals surface area contributed by atoms with Crippen LogP contribution in [-0.4, -0.2) is 36.6 Å². The molecule has 0 aromatic heterocycles. The number of nitrogen functional groups attached to an aromatic ring is 1. The van der Waals surface area contributed by atoms with Gasteiger partial charge < -0.3 is 25.3 Å². The lowest BCUT2D eigenvalue weighted by atomic mass is 10.1. The van der Waals surface area contributed by atoms with Crippen molar-refractivity contribution in [1.29, 1.82) is 0 Å². The summed E-state index contributed by atoms with van der Waals surface area (Å²) in [6.45, 7) is 3.99. The molecule has 1 amide bonds. The van der Waals surface area contributed by atoms with Gasteiger partial charge in [-0.1, -0.05) is 0 Å². The summed E-state index contributed by atoms with van der Waals surface area (Å²) in [5.41, 5.74) is 5.65. The average molecular weight is 403 g/mol. The Kier molecular flexibility index (Phi) is 7.35. The first-order chi connectivity index (χ1) is 13.8. The minimum absolute atomic E-state index is 0.0666. The van der Waals surface area contributed by atoms with Crippen LogP contribution in [0.15, 0.2) is 36.4 Å². The molecule has 0 saturated carbocycles. The van der Waals surface area contributed by atoms with Crippen LogP contribution in [0.4, 0.5) is 17.1 Å². The van der Waals surface area contributed by atoms with Gasteiger partial charge in [-0.15, -0.1) is 0 Å². The lowest BCUT2D eigenvalue weighted by Crippen LogP contribution is -2.21. The van der Waals surface area contributed by atoms with E-state index >= 15 is 0 Å². The maximum atomic E-state index is 12.1. The second-order valence-electron chi connectivity index (χ2n) is 5.68. The molecule has 0 spiro atoms. The SMILES string of the molecule is CCOc1ccc(NC(=O)COC(=O)c2ccc([N+](=O)[O-])cc2N)cc1OCC. The van der Waals surface area contributed by atoms with Gasteiger partial charge in [0, 0.05) is 23.9 Å². The van der Waals surface area contributed by atoms with Crippen molar-refractivity contribution in [2.75, 3.05) is 30.9 Å². The first-order valence-corrected chi connectivity index (χ1v) is 8.76. The molecule has 0 saturated heterocycles. The van der Waals surface area contributed by atoms with Crippen molar-refractivity contribution in [3.63, 3.8) is 0 Å². The normalized spacial score (nSPS) is 10.1. The molecule has 2 aromatic carbocycles. The van der Waals surface area contributed by atoms with Crippen LogP contribution in [-0.2, 0) is 9.53 Å². The number of anilines is 2. The molecule has 0 radical (unpaired) electrons. The number of ether oxygens (including phenoxy) is 3. The summed E-state index contributed by atoms with van der Waals surface area (Å²) in [7, 11) is 0. The van der Waals surface area contributed by atoms with E-state index in [0.717, 1.165) is 12.1 Å². The highest BCUT2D eigenvalue weighted by atomic mass is 16.6. The van der Waals surface area contributed by atoms with E-state index < -0.39 is 23.4 Å². The fourth-order valence-corrected chi connectivity index (χ4v) is 2.38.